The zero-order valence-corrected chi connectivity index (χ0v) is 8.60. The van der Waals surface area contributed by atoms with Crippen LogP contribution >= 0.6 is 11.8 Å². The highest BCUT2D eigenvalue weighted by Crippen LogP contribution is 2.24. The number of thioether (sulfide) groups is 1. The summed E-state index contributed by atoms with van der Waals surface area (Å²) in [5.74, 6) is 0.945. The smallest absolute Gasteiger partial charge is 0.0439 e. The molecule has 72 valence electrons. The third-order valence-corrected chi connectivity index (χ3v) is 3.02. The maximum absolute atomic E-state index is 8.63. The van der Waals surface area contributed by atoms with E-state index in [4.69, 9.17) is 10.8 Å². The Bertz CT molecular complexity index is 276. The molecule has 0 unspecified atom stereocenters. The van der Waals surface area contributed by atoms with E-state index in [9.17, 15) is 0 Å². The zero-order valence-electron chi connectivity index (χ0n) is 7.79. The van der Waals surface area contributed by atoms with Crippen LogP contribution in [0.2, 0.25) is 0 Å². The van der Waals surface area contributed by atoms with Crippen molar-refractivity contribution in [2.24, 2.45) is 0 Å². The van der Waals surface area contributed by atoms with E-state index in [2.05, 4.69) is 6.92 Å². The predicted octanol–water partition coefficient (Wildman–Crippen LogP) is 2.05. The largest absolute Gasteiger partial charge is 0.399 e. The minimum Gasteiger partial charge on any atom is -0.399 e. The highest BCUT2D eigenvalue weighted by atomic mass is 32.2. The lowest BCUT2D eigenvalue weighted by Gasteiger charge is -2.05. The molecule has 0 aliphatic carbocycles. The van der Waals surface area contributed by atoms with Gasteiger partial charge in [-0.1, -0.05) is 6.07 Å². The fraction of sp³-hybridized carbons (Fsp3) is 0.400. The molecule has 0 heterocycles. The number of hydrogen-bond acceptors (Lipinski definition) is 3. The van der Waals surface area contributed by atoms with Crippen molar-refractivity contribution in [2.45, 2.75) is 18.2 Å². The summed E-state index contributed by atoms with van der Waals surface area (Å²) in [7, 11) is 0. The number of hydrogen-bond donors (Lipinski definition) is 2. The number of rotatable bonds is 4. The predicted molar refractivity (Wildman–Crippen MR) is 58.0 cm³/mol. The fourth-order valence-corrected chi connectivity index (χ4v) is 2.03. The Kier molecular flexibility index (Phi) is 4.12. The first-order valence-corrected chi connectivity index (χ1v) is 5.32. The second-order valence-corrected chi connectivity index (χ2v) is 4.09. The number of anilines is 1. The van der Waals surface area contributed by atoms with Gasteiger partial charge in [-0.05, 0) is 31.0 Å². The van der Waals surface area contributed by atoms with E-state index < -0.39 is 0 Å². The first kappa shape index (κ1) is 10.4. The zero-order chi connectivity index (χ0) is 9.68. The van der Waals surface area contributed by atoms with Crippen molar-refractivity contribution in [1.29, 1.82) is 0 Å². The van der Waals surface area contributed by atoms with E-state index in [0.717, 1.165) is 17.9 Å². The first-order chi connectivity index (χ1) is 6.24. The van der Waals surface area contributed by atoms with Gasteiger partial charge in [0.15, 0.2) is 0 Å². The molecule has 0 radical (unpaired) electrons. The van der Waals surface area contributed by atoms with Crippen molar-refractivity contribution >= 4 is 17.4 Å². The van der Waals surface area contributed by atoms with Gasteiger partial charge < -0.3 is 10.8 Å². The van der Waals surface area contributed by atoms with Crippen LogP contribution in [0.3, 0.4) is 0 Å². The van der Waals surface area contributed by atoms with Crippen molar-refractivity contribution in [2.75, 3.05) is 18.1 Å². The van der Waals surface area contributed by atoms with Crippen molar-refractivity contribution in [1.82, 2.24) is 0 Å². The SMILES string of the molecule is Cc1ccc(N)cc1SCCCO. The highest BCUT2D eigenvalue weighted by Gasteiger charge is 1.98. The van der Waals surface area contributed by atoms with Gasteiger partial charge in [-0.25, -0.2) is 0 Å². The Labute approximate surface area is 83.1 Å². The molecule has 3 N–H and O–H groups in total. The molecule has 0 saturated carbocycles. The standard InChI is InChI=1S/C10H15NOS/c1-8-3-4-9(11)7-10(8)13-6-2-5-12/h3-4,7,12H,2,5-6,11H2,1H3. The minimum atomic E-state index is 0.258. The molecular formula is C10H15NOS. The third-order valence-electron chi connectivity index (χ3n) is 1.77. The summed E-state index contributed by atoms with van der Waals surface area (Å²) in [5.41, 5.74) is 7.72. The lowest BCUT2D eigenvalue weighted by molar-refractivity contribution is 0.296. The van der Waals surface area contributed by atoms with Crippen molar-refractivity contribution in [3.63, 3.8) is 0 Å². The van der Waals surface area contributed by atoms with E-state index >= 15 is 0 Å². The molecule has 2 nitrogen and oxygen atoms in total. The third kappa shape index (κ3) is 3.28. The van der Waals surface area contributed by atoms with Crippen LogP contribution in [0.25, 0.3) is 0 Å². The molecule has 0 atom stereocenters. The van der Waals surface area contributed by atoms with Crippen LogP contribution in [-0.4, -0.2) is 17.5 Å². The summed E-state index contributed by atoms with van der Waals surface area (Å²) in [6.07, 6.45) is 0.832. The van der Waals surface area contributed by atoms with Crippen LogP contribution in [0.5, 0.6) is 0 Å². The molecule has 1 rings (SSSR count). The fourth-order valence-electron chi connectivity index (χ4n) is 1.02. The van der Waals surface area contributed by atoms with Gasteiger partial charge >= 0.3 is 0 Å². The van der Waals surface area contributed by atoms with Crippen molar-refractivity contribution < 1.29 is 5.11 Å². The molecule has 0 aromatic heterocycles. The number of benzene rings is 1. The van der Waals surface area contributed by atoms with Gasteiger partial charge in [0.1, 0.15) is 0 Å². The maximum Gasteiger partial charge on any atom is 0.0439 e. The Hall–Kier alpha value is -0.670. The lowest BCUT2D eigenvalue weighted by Crippen LogP contribution is -1.90. The van der Waals surface area contributed by atoms with E-state index in [1.165, 1.54) is 10.5 Å². The molecule has 3 heteroatoms. The molecule has 0 amide bonds. The summed E-state index contributed by atoms with van der Waals surface area (Å²) in [6.45, 7) is 2.33. The Balaban J connectivity index is 2.59. The Morgan fingerprint density at radius 3 is 2.92 bits per heavy atom. The van der Waals surface area contributed by atoms with Crippen LogP contribution in [-0.2, 0) is 0 Å². The molecule has 0 aliphatic heterocycles. The summed E-state index contributed by atoms with van der Waals surface area (Å²) in [6, 6.07) is 5.92. The van der Waals surface area contributed by atoms with Crippen LogP contribution in [0.15, 0.2) is 23.1 Å². The van der Waals surface area contributed by atoms with Gasteiger partial charge in [0.2, 0.25) is 0 Å². The van der Waals surface area contributed by atoms with Gasteiger partial charge in [0.05, 0.1) is 0 Å². The van der Waals surface area contributed by atoms with Gasteiger partial charge in [-0.3, -0.25) is 0 Å². The quantitative estimate of drug-likeness (QED) is 0.441. The van der Waals surface area contributed by atoms with Crippen LogP contribution < -0.4 is 5.73 Å². The molecule has 1 aromatic carbocycles. The van der Waals surface area contributed by atoms with Crippen LogP contribution in [0.4, 0.5) is 5.69 Å². The summed E-state index contributed by atoms with van der Waals surface area (Å²) in [4.78, 5) is 1.22. The molecule has 0 saturated heterocycles. The minimum absolute atomic E-state index is 0.258. The topological polar surface area (TPSA) is 46.2 Å². The highest BCUT2D eigenvalue weighted by molar-refractivity contribution is 7.99. The van der Waals surface area contributed by atoms with Crippen molar-refractivity contribution in [3.05, 3.63) is 23.8 Å². The van der Waals surface area contributed by atoms with E-state index in [0.29, 0.717) is 0 Å². The lowest BCUT2D eigenvalue weighted by atomic mass is 10.2. The monoisotopic (exact) mass is 197 g/mol. The normalized spacial score (nSPS) is 10.3. The summed E-state index contributed by atoms with van der Waals surface area (Å²) in [5, 5.41) is 8.63. The van der Waals surface area contributed by atoms with E-state index in [1.807, 2.05) is 18.2 Å². The molecule has 0 aliphatic rings. The molecule has 13 heavy (non-hydrogen) atoms. The number of nitrogen functional groups attached to an aromatic ring is 1. The molecule has 0 fully saturated rings. The number of nitrogens with two attached hydrogens (primary N) is 1. The van der Waals surface area contributed by atoms with Gasteiger partial charge in [0.25, 0.3) is 0 Å². The second-order valence-electron chi connectivity index (χ2n) is 2.95. The van der Waals surface area contributed by atoms with E-state index in [1.54, 1.807) is 11.8 Å². The van der Waals surface area contributed by atoms with Crippen LogP contribution in [0, 0.1) is 6.92 Å². The second kappa shape index (κ2) is 5.14. The Morgan fingerprint density at radius 2 is 2.23 bits per heavy atom. The van der Waals surface area contributed by atoms with Gasteiger partial charge in [-0.2, -0.15) is 0 Å². The molecule has 0 bridgehead atoms. The molecule has 0 spiro atoms. The van der Waals surface area contributed by atoms with Gasteiger partial charge in [-0.15, -0.1) is 11.8 Å². The van der Waals surface area contributed by atoms with Gasteiger partial charge in [0, 0.05) is 22.9 Å². The van der Waals surface area contributed by atoms with E-state index in [-0.39, 0.29) is 6.61 Å². The summed E-state index contributed by atoms with van der Waals surface area (Å²) >= 11 is 1.75. The average Bonchev–Trinajstić information content (AvgIpc) is 2.11. The summed E-state index contributed by atoms with van der Waals surface area (Å²) < 4.78 is 0. The molecule has 1 aromatic rings. The molecular weight excluding hydrogens is 182 g/mol. The van der Waals surface area contributed by atoms with Crippen LogP contribution in [0.1, 0.15) is 12.0 Å². The number of aliphatic hydroxyl groups excluding tert-OH is 1. The maximum atomic E-state index is 8.63. The Morgan fingerprint density at radius 1 is 1.46 bits per heavy atom. The first-order valence-electron chi connectivity index (χ1n) is 4.34. The van der Waals surface area contributed by atoms with Crippen molar-refractivity contribution in [3.8, 4) is 0 Å². The average molecular weight is 197 g/mol. The number of aliphatic hydroxyl groups is 1. The number of aryl methyl sites for hydroxylation is 1.